The fourth-order valence-corrected chi connectivity index (χ4v) is 17.7. The number of esters is 1. The highest BCUT2D eigenvalue weighted by atomic mass is 32.2. The molecule has 0 spiro atoms. The molecule has 0 saturated heterocycles. The normalized spacial score (nSPS) is 11.3. The molecule has 0 amide bonds. The van der Waals surface area contributed by atoms with Crippen molar-refractivity contribution in [3.8, 4) is 40.2 Å². The van der Waals surface area contributed by atoms with Crippen LogP contribution < -0.4 is 50.8 Å². The molecule has 2 N–H and O–H groups in total. The van der Waals surface area contributed by atoms with E-state index in [1.165, 1.54) is 120 Å². The molecule has 23 nitrogen and oxygen atoms in total. The number of anilines is 4. The summed E-state index contributed by atoms with van der Waals surface area (Å²) in [6, 6.07) is 36.9. The third-order valence-electron chi connectivity index (χ3n) is 18.3. The lowest BCUT2D eigenvalue weighted by molar-refractivity contribution is 0.0458. The Hall–Kier alpha value is -14.2. The van der Waals surface area contributed by atoms with Gasteiger partial charge in [0.2, 0.25) is 0 Å². The van der Waals surface area contributed by atoms with Crippen LogP contribution in [0.1, 0.15) is 43.0 Å². The summed E-state index contributed by atoms with van der Waals surface area (Å²) in [5.74, 6) is -44.0. The molecule has 700 valence electrons. The van der Waals surface area contributed by atoms with Crippen molar-refractivity contribution in [2.75, 3.05) is 67.4 Å². The van der Waals surface area contributed by atoms with Crippen LogP contribution in [-0.4, -0.2) is 100 Å². The molecule has 0 heterocycles. The van der Waals surface area contributed by atoms with Crippen LogP contribution in [0.2, 0.25) is 0 Å². The van der Waals surface area contributed by atoms with E-state index in [1.54, 1.807) is 22.9 Å². The number of carbonyl (C=O) groups excluding carboxylic acids is 1. The Kier molecular flexibility index (Phi) is 32.7. The van der Waals surface area contributed by atoms with Gasteiger partial charge in [0.15, 0.2) is 139 Å². The van der Waals surface area contributed by atoms with Crippen LogP contribution in [0.4, 0.5) is 111 Å². The zero-order valence-corrected chi connectivity index (χ0v) is 71.3. The molecule has 0 fully saturated rings. The van der Waals surface area contributed by atoms with Crippen molar-refractivity contribution in [1.82, 2.24) is 0 Å². The number of aromatic carboxylic acids is 1. The molecule has 0 bridgehead atoms. The first kappa shape index (κ1) is 102. The largest absolute Gasteiger partial charge is 0.497 e. The zero-order chi connectivity index (χ0) is 97.7. The summed E-state index contributed by atoms with van der Waals surface area (Å²) in [7, 11) is -11.9. The Morgan fingerprint density at radius 1 is 0.303 bits per heavy atom. The lowest BCUT2D eigenvalue weighted by atomic mass is 10.2. The van der Waals surface area contributed by atoms with Gasteiger partial charge in [0, 0.05) is 36.4 Å². The van der Waals surface area contributed by atoms with Crippen LogP contribution in [0.3, 0.4) is 0 Å². The molecule has 12 rings (SSSR count). The van der Waals surface area contributed by atoms with E-state index in [4.69, 9.17) is 33.2 Å². The quantitative estimate of drug-likeness (QED) is 0.0191. The fraction of sp³-hybridized carbons (Fsp3) is 0.129. The predicted molar refractivity (Wildman–Crippen MR) is 429 cm³/mol. The topological polar surface area (TPSA) is 287 Å². The van der Waals surface area contributed by atoms with Crippen molar-refractivity contribution in [3.63, 3.8) is 0 Å². The number of rotatable bonds is 29. The summed E-state index contributed by atoms with van der Waals surface area (Å²) >= 11 is 0. The number of hydrogen-bond acceptors (Lipinski definition) is 18. The Morgan fingerprint density at radius 3 is 0.955 bits per heavy atom. The number of nitrogens with zero attached hydrogens (tertiary/aromatic N) is 3. The smallest absolute Gasteiger partial charge is 0.343 e. The van der Waals surface area contributed by atoms with Crippen LogP contribution in [0.5, 0.6) is 40.2 Å². The van der Waals surface area contributed by atoms with E-state index in [-0.39, 0.29) is 57.6 Å². The lowest BCUT2D eigenvalue weighted by Gasteiger charge is -2.26. The molecular formula is C85H62F20N4O19S4. The van der Waals surface area contributed by atoms with Gasteiger partial charge in [-0.05, 0) is 107 Å². The number of carboxylic acid groups (broad SMARTS) is 1. The number of carbonyl (C=O) groups is 2. The Balaban J connectivity index is 0.000000202. The number of nitrogens with one attached hydrogen (secondary N) is 1. The van der Waals surface area contributed by atoms with Gasteiger partial charge in [0.1, 0.15) is 54.6 Å². The zero-order valence-electron chi connectivity index (χ0n) is 68.1. The molecular weight excluding hydrogens is 1890 g/mol. The van der Waals surface area contributed by atoms with Crippen LogP contribution in [0.15, 0.2) is 208 Å². The van der Waals surface area contributed by atoms with Gasteiger partial charge in [-0.2, -0.15) is 0 Å². The third kappa shape index (κ3) is 22.3. The molecule has 47 heteroatoms. The highest BCUT2D eigenvalue weighted by Gasteiger charge is 2.43. The number of sulfonamides is 4. The van der Waals surface area contributed by atoms with Crippen molar-refractivity contribution in [1.29, 1.82) is 0 Å². The number of carboxylic acids is 1. The van der Waals surface area contributed by atoms with Gasteiger partial charge < -0.3 is 43.0 Å². The van der Waals surface area contributed by atoms with E-state index < -0.39 is 237 Å². The van der Waals surface area contributed by atoms with Crippen LogP contribution in [-0.2, 0) is 71.1 Å². The minimum absolute atomic E-state index is 0.0179. The first-order valence-corrected chi connectivity index (χ1v) is 42.2. The van der Waals surface area contributed by atoms with E-state index in [1.807, 2.05) is 0 Å². The van der Waals surface area contributed by atoms with Gasteiger partial charge in [-0.25, -0.2) is 131 Å². The number of methoxy groups -OCH3 is 7. The van der Waals surface area contributed by atoms with Gasteiger partial charge in [-0.3, -0.25) is 17.6 Å². The summed E-state index contributed by atoms with van der Waals surface area (Å²) in [6.07, 6.45) is 0. The predicted octanol–water partition coefficient (Wildman–Crippen LogP) is 18.6. The molecule has 132 heavy (non-hydrogen) atoms. The summed E-state index contributed by atoms with van der Waals surface area (Å²) in [4.78, 5) is 17.8. The SMILES string of the molecule is COc1ccc(CN(c2ccc(OC)c(F)c2)S(=O)(=O)c2c(F)c(F)c(F)c(F)c2C(=O)O)cc1.COc1ccc(CN(c2ccc(OC)c(F)c2)S(=O)(=O)c2c(F)c(F)c(F)c(F)c2C(=O)OCc2ccccc2)cc1.COc1ccc(CN(c2ccc(OC)c(F)c2)S(=O)(=O)c2cc(F)c(F)c(F)c2F)cc1.COc1ccc(NS(=O)(=O)c2cc(F)c(F)c(F)c2F)cc1F. The van der Waals surface area contributed by atoms with Gasteiger partial charge in [-0.15, -0.1) is 0 Å². The maximum Gasteiger partial charge on any atom is 0.343 e. The standard InChI is InChI=1S/C29H22F5NO6S.C22H16F5NO6S.C21H16F5NO4S.C13H8F5NO3S/c1-39-20-11-8-17(9-12-20)15-35(19-10-13-22(40-2)21(30)14-19)42(37,38)28-23(24(31)25(32)26(33)27(28)34)29(36)41-16-18-6-4-3-5-7-18;1-33-13-6-3-11(4-7-13)10-28(12-5-8-15(34-2)14(23)9-12)35(31,32)21-16(22(29)30)17(24)18(25)19(26)20(21)27;1-30-14-6-3-12(4-7-14)11-27(13-5-8-17(31-2)15(22)9-13)32(28,29)18-10-16(23)19(24)21(26)20(18)25;1-22-9-3-2-6(4-7(9)14)19-23(20,21)10-5-8(15)11(16)13(18)12(10)17/h3-14H,15-16H2,1-2H3;3-9H,10H2,1-2H3,(H,29,30);3-10H,11H2,1-2H3;2-5,19H,1H3. The lowest BCUT2D eigenvalue weighted by Crippen LogP contribution is -2.34. The van der Waals surface area contributed by atoms with Crippen molar-refractivity contribution < 1.29 is 174 Å². The maximum atomic E-state index is 15.3. The molecule has 12 aromatic carbocycles. The number of halogens is 20. The van der Waals surface area contributed by atoms with E-state index in [0.29, 0.717) is 53.4 Å². The van der Waals surface area contributed by atoms with Gasteiger partial charge in [0.25, 0.3) is 40.1 Å². The van der Waals surface area contributed by atoms with Crippen LogP contribution in [0, 0.1) is 116 Å². The van der Waals surface area contributed by atoms with E-state index in [0.717, 1.165) is 74.9 Å². The monoisotopic (exact) mass is 1950 g/mol. The summed E-state index contributed by atoms with van der Waals surface area (Å²) in [5, 5.41) is 9.29. The first-order valence-electron chi connectivity index (χ1n) is 36.4. The van der Waals surface area contributed by atoms with Crippen molar-refractivity contribution in [2.45, 2.75) is 45.8 Å². The molecule has 0 aliphatic heterocycles. The molecule has 0 radical (unpaired) electrons. The van der Waals surface area contributed by atoms with Gasteiger partial charge in [0.05, 0.1) is 92.2 Å². The fourth-order valence-electron chi connectivity index (χ4n) is 11.7. The molecule has 0 unspecified atom stereocenters. The molecule has 0 atom stereocenters. The summed E-state index contributed by atoms with van der Waals surface area (Å²) in [5.41, 5.74) is -4.00. The summed E-state index contributed by atoms with van der Waals surface area (Å²) < 4.78 is 428. The average Bonchev–Trinajstić information content (AvgIpc) is 0.737. The Bertz CT molecular complexity index is 6840. The maximum absolute atomic E-state index is 15.3. The Labute approximate surface area is 736 Å². The highest BCUT2D eigenvalue weighted by molar-refractivity contribution is 7.93. The second-order valence-electron chi connectivity index (χ2n) is 26.4. The van der Waals surface area contributed by atoms with Gasteiger partial charge in [-0.1, -0.05) is 66.7 Å². The molecule has 0 saturated carbocycles. The van der Waals surface area contributed by atoms with E-state index in [9.17, 15) is 127 Å². The minimum atomic E-state index is -5.48. The highest BCUT2D eigenvalue weighted by Crippen LogP contribution is 2.41. The second kappa shape index (κ2) is 42.6. The molecule has 0 aliphatic rings. The number of hydrogen-bond donors (Lipinski definition) is 2. The minimum Gasteiger partial charge on any atom is -0.497 e. The molecule has 12 aromatic rings. The summed E-state index contributed by atoms with van der Waals surface area (Å²) in [6.45, 7) is -2.31. The van der Waals surface area contributed by atoms with Gasteiger partial charge >= 0.3 is 11.9 Å². The van der Waals surface area contributed by atoms with E-state index in [2.05, 4.69) is 4.74 Å². The number of benzene rings is 12. The van der Waals surface area contributed by atoms with Crippen molar-refractivity contribution >= 4 is 74.8 Å². The van der Waals surface area contributed by atoms with Crippen molar-refractivity contribution in [3.05, 3.63) is 338 Å². The van der Waals surface area contributed by atoms with Crippen LogP contribution >= 0.6 is 0 Å². The van der Waals surface area contributed by atoms with E-state index >= 15 is 8.78 Å². The second-order valence-corrected chi connectivity index (χ2v) is 33.5. The third-order valence-corrected chi connectivity index (χ3v) is 25.1. The average molecular weight is 1950 g/mol. The number of ether oxygens (including phenoxy) is 8. The Morgan fingerprint density at radius 2 is 0.614 bits per heavy atom. The first-order chi connectivity index (χ1) is 62.2. The molecule has 0 aliphatic carbocycles. The van der Waals surface area contributed by atoms with Crippen LogP contribution in [0.25, 0.3) is 0 Å². The van der Waals surface area contributed by atoms with Crippen molar-refractivity contribution in [2.24, 2.45) is 0 Å². The molecule has 0 aromatic heterocycles.